The van der Waals surface area contributed by atoms with Gasteiger partial charge < -0.3 is 24.3 Å². The SMILES string of the molecule is COC(=O)[C@@H](NC(=O)OCc1ccccc1)C(OC)C(=O)OC(C)(C)C. The molecule has 0 aliphatic rings. The third kappa shape index (κ3) is 7.10. The van der Waals surface area contributed by atoms with Crippen molar-refractivity contribution in [3.8, 4) is 0 Å². The summed E-state index contributed by atoms with van der Waals surface area (Å²) in [4.78, 5) is 36.3. The van der Waals surface area contributed by atoms with E-state index in [1.807, 2.05) is 6.07 Å². The van der Waals surface area contributed by atoms with Gasteiger partial charge in [0.05, 0.1) is 7.11 Å². The molecule has 0 saturated heterocycles. The first kappa shape index (κ1) is 21.4. The number of alkyl carbamates (subject to hydrolysis) is 1. The second-order valence-electron chi connectivity index (χ2n) is 6.40. The first-order valence-corrected chi connectivity index (χ1v) is 7.98. The van der Waals surface area contributed by atoms with Gasteiger partial charge in [-0.15, -0.1) is 0 Å². The standard InChI is InChI=1S/C18H25NO7/c1-18(2,3)26-16(21)14(23-4)13(15(20)24-5)19-17(22)25-11-12-9-7-6-8-10-12/h6-10,13-14H,11H2,1-5H3,(H,19,22)/t13-,14?/m0/s1. The van der Waals surface area contributed by atoms with Gasteiger partial charge in [-0.25, -0.2) is 14.4 Å². The van der Waals surface area contributed by atoms with E-state index in [2.05, 4.69) is 10.1 Å². The van der Waals surface area contributed by atoms with E-state index in [-0.39, 0.29) is 6.61 Å². The molecule has 1 rings (SSSR count). The average Bonchev–Trinajstić information content (AvgIpc) is 2.58. The number of carbonyl (C=O) groups is 3. The lowest BCUT2D eigenvalue weighted by Crippen LogP contribution is -2.54. The van der Waals surface area contributed by atoms with Gasteiger partial charge in [0.1, 0.15) is 12.2 Å². The van der Waals surface area contributed by atoms with Crippen molar-refractivity contribution in [2.24, 2.45) is 0 Å². The van der Waals surface area contributed by atoms with Crippen LogP contribution in [0.5, 0.6) is 0 Å². The quantitative estimate of drug-likeness (QED) is 0.579. The van der Waals surface area contributed by atoms with Crippen LogP contribution in [0, 0.1) is 0 Å². The van der Waals surface area contributed by atoms with Crippen molar-refractivity contribution < 1.29 is 33.3 Å². The highest BCUT2D eigenvalue weighted by Crippen LogP contribution is 2.13. The van der Waals surface area contributed by atoms with Crippen LogP contribution in [0.4, 0.5) is 4.79 Å². The molecular formula is C18H25NO7. The molecule has 0 fully saturated rings. The van der Waals surface area contributed by atoms with Gasteiger partial charge in [-0.2, -0.15) is 0 Å². The van der Waals surface area contributed by atoms with Gasteiger partial charge in [0.2, 0.25) is 0 Å². The third-order valence-electron chi connectivity index (χ3n) is 3.14. The number of ether oxygens (including phenoxy) is 4. The summed E-state index contributed by atoms with van der Waals surface area (Å²) >= 11 is 0. The van der Waals surface area contributed by atoms with Crippen LogP contribution in [-0.4, -0.2) is 50.0 Å². The minimum absolute atomic E-state index is 0.00462. The fraction of sp³-hybridized carbons (Fsp3) is 0.500. The van der Waals surface area contributed by atoms with Gasteiger partial charge in [-0.3, -0.25) is 0 Å². The van der Waals surface area contributed by atoms with Crippen LogP contribution < -0.4 is 5.32 Å². The number of hydrogen-bond donors (Lipinski definition) is 1. The molecule has 8 heteroatoms. The minimum atomic E-state index is -1.41. The van der Waals surface area contributed by atoms with E-state index < -0.39 is 35.8 Å². The zero-order valence-corrected chi connectivity index (χ0v) is 15.6. The van der Waals surface area contributed by atoms with Crippen molar-refractivity contribution >= 4 is 18.0 Å². The van der Waals surface area contributed by atoms with Gasteiger partial charge in [0, 0.05) is 7.11 Å². The van der Waals surface area contributed by atoms with E-state index in [0.717, 1.165) is 12.7 Å². The number of hydrogen-bond acceptors (Lipinski definition) is 7. The molecule has 2 atom stereocenters. The molecule has 0 aliphatic carbocycles. The number of esters is 2. The summed E-state index contributed by atoms with van der Waals surface area (Å²) in [5.41, 5.74) is -0.0183. The Morgan fingerprint density at radius 2 is 1.65 bits per heavy atom. The van der Waals surface area contributed by atoms with Gasteiger partial charge in [0.25, 0.3) is 0 Å². The third-order valence-corrected chi connectivity index (χ3v) is 3.14. The summed E-state index contributed by atoms with van der Waals surface area (Å²) in [6.45, 7) is 5.02. The van der Waals surface area contributed by atoms with Gasteiger partial charge in [-0.05, 0) is 26.3 Å². The maximum Gasteiger partial charge on any atom is 0.408 e. The van der Waals surface area contributed by atoms with Crippen LogP contribution in [0.25, 0.3) is 0 Å². The number of rotatable bonds is 7. The lowest BCUT2D eigenvalue weighted by Gasteiger charge is -2.27. The van der Waals surface area contributed by atoms with Gasteiger partial charge in [-0.1, -0.05) is 30.3 Å². The Morgan fingerprint density at radius 1 is 1.04 bits per heavy atom. The van der Waals surface area contributed by atoms with E-state index in [4.69, 9.17) is 14.2 Å². The largest absolute Gasteiger partial charge is 0.467 e. The monoisotopic (exact) mass is 367 g/mol. The Balaban J connectivity index is 2.79. The molecule has 0 saturated carbocycles. The molecule has 8 nitrogen and oxygen atoms in total. The molecule has 1 aromatic rings. The number of nitrogens with one attached hydrogen (secondary N) is 1. The normalized spacial score (nSPS) is 13.3. The average molecular weight is 367 g/mol. The maximum absolute atomic E-state index is 12.3. The molecule has 0 bridgehead atoms. The lowest BCUT2D eigenvalue weighted by atomic mass is 10.1. The van der Waals surface area contributed by atoms with Crippen LogP contribution in [0.15, 0.2) is 30.3 Å². The Morgan fingerprint density at radius 3 is 2.15 bits per heavy atom. The second-order valence-corrected chi connectivity index (χ2v) is 6.40. The number of amides is 1. The van der Waals surface area contributed by atoms with Gasteiger partial charge >= 0.3 is 18.0 Å². The predicted octanol–water partition coefficient (Wildman–Crippen LogP) is 1.81. The van der Waals surface area contributed by atoms with Crippen molar-refractivity contribution in [1.82, 2.24) is 5.32 Å². The molecule has 0 aliphatic heterocycles. The van der Waals surface area contributed by atoms with E-state index in [0.29, 0.717) is 0 Å². The molecule has 1 amide bonds. The topological polar surface area (TPSA) is 100 Å². The Kier molecular flexibility index (Phi) is 8.05. The van der Waals surface area contributed by atoms with Crippen molar-refractivity contribution in [2.45, 2.75) is 45.1 Å². The van der Waals surface area contributed by atoms with Crippen molar-refractivity contribution in [2.75, 3.05) is 14.2 Å². The van der Waals surface area contributed by atoms with Gasteiger partial charge in [0.15, 0.2) is 12.1 Å². The number of methoxy groups -OCH3 is 2. The van der Waals surface area contributed by atoms with E-state index in [1.54, 1.807) is 45.0 Å². The van der Waals surface area contributed by atoms with Crippen LogP contribution in [0.1, 0.15) is 26.3 Å². The molecule has 144 valence electrons. The molecule has 1 aromatic carbocycles. The zero-order chi connectivity index (χ0) is 19.7. The summed E-state index contributed by atoms with van der Waals surface area (Å²) in [7, 11) is 2.36. The Labute approximate surface area is 152 Å². The zero-order valence-electron chi connectivity index (χ0n) is 15.6. The van der Waals surface area contributed by atoms with Crippen LogP contribution in [0.3, 0.4) is 0 Å². The first-order chi connectivity index (χ1) is 12.2. The van der Waals surface area contributed by atoms with Crippen molar-refractivity contribution in [3.63, 3.8) is 0 Å². The molecule has 0 spiro atoms. The predicted molar refractivity (Wildman–Crippen MR) is 92.2 cm³/mol. The molecule has 0 aromatic heterocycles. The summed E-state index contributed by atoms with van der Waals surface area (Å²) in [5, 5.41) is 2.29. The molecule has 1 N–H and O–H groups in total. The minimum Gasteiger partial charge on any atom is -0.467 e. The Hall–Kier alpha value is -2.61. The second kappa shape index (κ2) is 9.76. The first-order valence-electron chi connectivity index (χ1n) is 7.98. The summed E-state index contributed by atoms with van der Waals surface area (Å²) < 4.78 is 20.0. The molecule has 0 radical (unpaired) electrons. The van der Waals surface area contributed by atoms with Crippen molar-refractivity contribution in [3.05, 3.63) is 35.9 Å². The molecule has 26 heavy (non-hydrogen) atoms. The number of carbonyl (C=O) groups excluding carboxylic acids is 3. The highest BCUT2D eigenvalue weighted by Gasteiger charge is 2.39. The fourth-order valence-electron chi connectivity index (χ4n) is 2.01. The molecule has 1 unspecified atom stereocenters. The van der Waals surface area contributed by atoms with Crippen LogP contribution in [-0.2, 0) is 35.1 Å². The highest BCUT2D eigenvalue weighted by molar-refractivity contribution is 5.89. The van der Waals surface area contributed by atoms with E-state index >= 15 is 0 Å². The molecular weight excluding hydrogens is 342 g/mol. The van der Waals surface area contributed by atoms with E-state index in [9.17, 15) is 14.4 Å². The maximum atomic E-state index is 12.3. The summed E-state index contributed by atoms with van der Waals surface area (Å²) in [6, 6.07) is 7.59. The van der Waals surface area contributed by atoms with Crippen molar-refractivity contribution in [1.29, 1.82) is 0 Å². The highest BCUT2D eigenvalue weighted by atomic mass is 16.6. The smallest absolute Gasteiger partial charge is 0.408 e. The fourth-order valence-corrected chi connectivity index (χ4v) is 2.01. The molecule has 0 heterocycles. The van der Waals surface area contributed by atoms with E-state index in [1.165, 1.54) is 7.11 Å². The number of benzene rings is 1. The summed E-state index contributed by atoms with van der Waals surface area (Å²) in [5.74, 6) is -1.67. The van der Waals surface area contributed by atoms with Crippen LogP contribution in [0.2, 0.25) is 0 Å². The Bertz CT molecular complexity index is 610. The van der Waals surface area contributed by atoms with Crippen LogP contribution >= 0.6 is 0 Å². The summed E-state index contributed by atoms with van der Waals surface area (Å²) in [6.07, 6.45) is -2.28. The lowest BCUT2D eigenvalue weighted by molar-refractivity contribution is -0.173.